The molecule has 1 saturated carbocycles. The number of benzene rings is 2. The summed E-state index contributed by atoms with van der Waals surface area (Å²) in [4.78, 5) is 13.0. The number of hydrogen-bond donors (Lipinski definition) is 1. The van der Waals surface area contributed by atoms with E-state index in [9.17, 15) is 9.90 Å². The van der Waals surface area contributed by atoms with Gasteiger partial charge in [0.25, 0.3) is 0 Å². The van der Waals surface area contributed by atoms with E-state index in [1.54, 1.807) is 0 Å². The fourth-order valence-electron chi connectivity index (χ4n) is 4.75. The Balaban J connectivity index is 1.79. The third-order valence-corrected chi connectivity index (χ3v) is 6.52. The number of rotatable bonds is 4. The molecular weight excluding hydrogens is 400 g/mol. The first-order chi connectivity index (χ1) is 14.4. The average molecular weight is 427 g/mol. The van der Waals surface area contributed by atoms with Gasteiger partial charge in [-0.1, -0.05) is 42.3 Å². The maximum Gasteiger partial charge on any atom is 0.343 e. The summed E-state index contributed by atoms with van der Waals surface area (Å²) in [5, 5.41) is 11.9. The van der Waals surface area contributed by atoms with E-state index in [0.717, 1.165) is 41.5 Å². The molecule has 0 radical (unpaired) electrons. The van der Waals surface area contributed by atoms with Crippen LogP contribution in [0.3, 0.4) is 0 Å². The van der Waals surface area contributed by atoms with Crippen LogP contribution in [0.5, 0.6) is 0 Å². The molecule has 0 aromatic heterocycles. The van der Waals surface area contributed by atoms with Gasteiger partial charge in [0.1, 0.15) is 11.7 Å². The normalized spacial score (nSPS) is 23.9. The summed E-state index contributed by atoms with van der Waals surface area (Å²) in [6, 6.07) is 11.7. The Morgan fingerprint density at radius 3 is 2.50 bits per heavy atom. The quantitative estimate of drug-likeness (QED) is 0.594. The van der Waals surface area contributed by atoms with E-state index in [0.29, 0.717) is 23.6 Å². The molecule has 0 bridgehead atoms. The number of ether oxygens (including phenoxy) is 2. The number of carbonyl (C=O) groups excluding carboxylic acids is 1. The van der Waals surface area contributed by atoms with Crippen LogP contribution in [-0.2, 0) is 14.3 Å². The molecule has 0 saturated heterocycles. The van der Waals surface area contributed by atoms with Gasteiger partial charge < -0.3 is 14.6 Å². The standard InChI is InChI=1S/C25H27ClO4/c1-4-29-21-7-5-6-12-25(21)23(27)22(24(28)30-25)20-14-15(2)19(13-16(20)3)17-8-10-18(26)11-9-17/h8-11,13-14,21,27H,4-7,12H2,1-3H3. The van der Waals surface area contributed by atoms with Crippen molar-refractivity contribution in [1.82, 2.24) is 0 Å². The largest absolute Gasteiger partial charge is 0.507 e. The number of aryl methyl sites for hydroxylation is 2. The van der Waals surface area contributed by atoms with E-state index in [1.807, 2.05) is 57.2 Å². The van der Waals surface area contributed by atoms with Crippen molar-refractivity contribution in [3.63, 3.8) is 0 Å². The molecule has 2 unspecified atom stereocenters. The monoisotopic (exact) mass is 426 g/mol. The van der Waals surface area contributed by atoms with Crippen molar-refractivity contribution in [2.75, 3.05) is 6.61 Å². The zero-order chi connectivity index (χ0) is 21.5. The molecule has 1 fully saturated rings. The molecule has 2 aliphatic rings. The first kappa shape index (κ1) is 21.0. The predicted molar refractivity (Wildman–Crippen MR) is 119 cm³/mol. The summed E-state index contributed by atoms with van der Waals surface area (Å²) >= 11 is 6.02. The summed E-state index contributed by atoms with van der Waals surface area (Å²) in [7, 11) is 0. The van der Waals surface area contributed by atoms with Gasteiger partial charge >= 0.3 is 5.97 Å². The number of carbonyl (C=O) groups is 1. The van der Waals surface area contributed by atoms with Gasteiger partial charge in [-0.15, -0.1) is 0 Å². The topological polar surface area (TPSA) is 55.8 Å². The van der Waals surface area contributed by atoms with E-state index in [1.165, 1.54) is 0 Å². The van der Waals surface area contributed by atoms with Crippen LogP contribution in [0, 0.1) is 13.8 Å². The van der Waals surface area contributed by atoms with Crippen molar-refractivity contribution in [3.05, 3.63) is 63.9 Å². The van der Waals surface area contributed by atoms with Gasteiger partial charge in [-0.3, -0.25) is 0 Å². The zero-order valence-corrected chi connectivity index (χ0v) is 18.4. The Labute approximate surface area is 182 Å². The average Bonchev–Trinajstić information content (AvgIpc) is 2.96. The van der Waals surface area contributed by atoms with Crippen molar-refractivity contribution in [2.24, 2.45) is 0 Å². The summed E-state index contributed by atoms with van der Waals surface area (Å²) < 4.78 is 11.7. The lowest BCUT2D eigenvalue weighted by atomic mass is 9.79. The summed E-state index contributed by atoms with van der Waals surface area (Å²) in [5.41, 5.74) is 3.96. The molecule has 1 aliphatic carbocycles. The highest BCUT2D eigenvalue weighted by molar-refractivity contribution is 6.30. The highest BCUT2D eigenvalue weighted by Crippen LogP contribution is 2.47. The second kappa shape index (κ2) is 8.09. The van der Waals surface area contributed by atoms with Gasteiger partial charge in [-0.25, -0.2) is 4.79 Å². The lowest BCUT2D eigenvalue weighted by molar-refractivity contribution is -0.170. The van der Waals surface area contributed by atoms with Crippen molar-refractivity contribution >= 4 is 23.1 Å². The summed E-state index contributed by atoms with van der Waals surface area (Å²) in [6.45, 7) is 6.39. The van der Waals surface area contributed by atoms with Crippen LogP contribution < -0.4 is 0 Å². The van der Waals surface area contributed by atoms with Gasteiger partial charge in [0.2, 0.25) is 0 Å². The van der Waals surface area contributed by atoms with E-state index < -0.39 is 11.6 Å². The van der Waals surface area contributed by atoms with Crippen molar-refractivity contribution in [2.45, 2.75) is 58.2 Å². The third-order valence-electron chi connectivity index (χ3n) is 6.26. The van der Waals surface area contributed by atoms with E-state index in [4.69, 9.17) is 21.1 Å². The van der Waals surface area contributed by atoms with Gasteiger partial charge in [-0.2, -0.15) is 0 Å². The van der Waals surface area contributed by atoms with Crippen LogP contribution in [0.2, 0.25) is 5.02 Å². The molecule has 5 heteroatoms. The Kier molecular flexibility index (Phi) is 5.65. The predicted octanol–water partition coefficient (Wildman–Crippen LogP) is 6.17. The van der Waals surface area contributed by atoms with Gasteiger partial charge in [-0.05, 0) is 80.0 Å². The molecule has 4 rings (SSSR count). The number of hydrogen-bond acceptors (Lipinski definition) is 4. The minimum atomic E-state index is -1.06. The van der Waals surface area contributed by atoms with Crippen LogP contribution in [0.25, 0.3) is 16.7 Å². The van der Waals surface area contributed by atoms with Gasteiger partial charge in [0, 0.05) is 11.6 Å². The number of halogens is 1. The fraction of sp³-hybridized carbons (Fsp3) is 0.400. The Bertz CT molecular complexity index is 1010. The maximum atomic E-state index is 13.0. The molecule has 158 valence electrons. The molecule has 1 aliphatic heterocycles. The second-order valence-corrected chi connectivity index (χ2v) is 8.62. The van der Waals surface area contributed by atoms with Crippen LogP contribution >= 0.6 is 11.6 Å². The van der Waals surface area contributed by atoms with Crippen molar-refractivity contribution in [1.29, 1.82) is 0 Å². The zero-order valence-electron chi connectivity index (χ0n) is 17.6. The molecule has 1 N–H and O–H groups in total. The molecule has 2 aromatic carbocycles. The highest BCUT2D eigenvalue weighted by Gasteiger charge is 2.55. The Morgan fingerprint density at radius 1 is 1.13 bits per heavy atom. The number of esters is 1. The molecule has 1 heterocycles. The van der Waals surface area contributed by atoms with Crippen molar-refractivity contribution < 1.29 is 19.4 Å². The smallest absolute Gasteiger partial charge is 0.343 e. The number of aliphatic hydroxyl groups is 1. The van der Waals surface area contributed by atoms with Crippen LogP contribution in [-0.4, -0.2) is 29.4 Å². The maximum absolute atomic E-state index is 13.0. The van der Waals surface area contributed by atoms with E-state index in [2.05, 4.69) is 0 Å². The SMILES string of the molecule is CCOC1CCCCC12OC(=O)C(c1cc(C)c(-c3ccc(Cl)cc3)cc1C)=C2O. The molecule has 1 spiro atoms. The number of aliphatic hydroxyl groups excluding tert-OH is 1. The minimum absolute atomic E-state index is 0.0207. The van der Waals surface area contributed by atoms with Crippen LogP contribution in [0.15, 0.2) is 42.2 Å². The van der Waals surface area contributed by atoms with Crippen LogP contribution in [0.4, 0.5) is 0 Å². The Hall–Kier alpha value is -2.30. The molecule has 0 amide bonds. The van der Waals surface area contributed by atoms with Crippen molar-refractivity contribution in [3.8, 4) is 11.1 Å². The lowest BCUT2D eigenvalue weighted by Gasteiger charge is -2.39. The summed E-state index contributed by atoms with van der Waals surface area (Å²) in [5.74, 6) is -0.451. The second-order valence-electron chi connectivity index (χ2n) is 8.18. The van der Waals surface area contributed by atoms with Gasteiger partial charge in [0.05, 0.1) is 0 Å². The van der Waals surface area contributed by atoms with Gasteiger partial charge in [0.15, 0.2) is 11.4 Å². The molecule has 30 heavy (non-hydrogen) atoms. The Morgan fingerprint density at radius 2 is 1.80 bits per heavy atom. The molecule has 2 aromatic rings. The lowest BCUT2D eigenvalue weighted by Crippen LogP contribution is -2.48. The first-order valence-corrected chi connectivity index (χ1v) is 10.9. The van der Waals surface area contributed by atoms with Crippen LogP contribution in [0.1, 0.15) is 49.3 Å². The molecule has 2 atom stereocenters. The minimum Gasteiger partial charge on any atom is -0.507 e. The molecular formula is C25H27ClO4. The highest BCUT2D eigenvalue weighted by atomic mass is 35.5. The summed E-state index contributed by atoms with van der Waals surface area (Å²) in [6.07, 6.45) is 2.93. The first-order valence-electron chi connectivity index (χ1n) is 10.5. The molecule has 4 nitrogen and oxygen atoms in total. The third kappa shape index (κ3) is 3.42. The van der Waals surface area contributed by atoms with E-state index >= 15 is 0 Å². The van der Waals surface area contributed by atoms with E-state index in [-0.39, 0.29) is 17.4 Å². The fourth-order valence-corrected chi connectivity index (χ4v) is 4.88.